The Morgan fingerprint density at radius 3 is 2.48 bits per heavy atom. The van der Waals surface area contributed by atoms with Gasteiger partial charge in [-0.25, -0.2) is 4.98 Å². The molecule has 2 aromatic rings. The summed E-state index contributed by atoms with van der Waals surface area (Å²) in [5.74, 6) is 2.11. The van der Waals surface area contributed by atoms with Gasteiger partial charge >= 0.3 is 0 Å². The monoisotopic (exact) mass is 303 g/mol. The second kappa shape index (κ2) is 6.45. The van der Waals surface area contributed by atoms with Crippen LogP contribution in [0, 0.1) is 17.8 Å². The van der Waals surface area contributed by atoms with E-state index in [1.165, 1.54) is 30.4 Å². The van der Waals surface area contributed by atoms with Crippen molar-refractivity contribution >= 4 is 21.6 Å². The SMILES string of the molecule is CC(C)C1CCC(C(O)Cc2nc3ccccc3s2)CC1. The van der Waals surface area contributed by atoms with Crippen molar-refractivity contribution in [3.63, 3.8) is 0 Å². The van der Waals surface area contributed by atoms with Crippen molar-refractivity contribution in [2.45, 2.75) is 52.1 Å². The number of hydrogen-bond acceptors (Lipinski definition) is 3. The molecule has 1 heterocycles. The van der Waals surface area contributed by atoms with Crippen molar-refractivity contribution in [3.05, 3.63) is 29.3 Å². The first-order valence-electron chi connectivity index (χ1n) is 8.16. The van der Waals surface area contributed by atoms with Crippen molar-refractivity contribution in [1.29, 1.82) is 0 Å². The van der Waals surface area contributed by atoms with E-state index < -0.39 is 0 Å². The van der Waals surface area contributed by atoms with E-state index in [1.54, 1.807) is 11.3 Å². The quantitative estimate of drug-likeness (QED) is 0.891. The van der Waals surface area contributed by atoms with Gasteiger partial charge in [0.25, 0.3) is 0 Å². The minimum Gasteiger partial charge on any atom is -0.392 e. The standard InChI is InChI=1S/C18H25NOS/c1-12(2)13-7-9-14(10-8-13)16(20)11-18-19-15-5-3-4-6-17(15)21-18/h3-6,12-14,16,20H,7-11H2,1-2H3. The second-order valence-electron chi connectivity index (χ2n) is 6.77. The van der Waals surface area contributed by atoms with Gasteiger partial charge in [-0.15, -0.1) is 11.3 Å². The van der Waals surface area contributed by atoms with Crippen LogP contribution in [0.15, 0.2) is 24.3 Å². The molecular weight excluding hydrogens is 278 g/mol. The van der Waals surface area contributed by atoms with Crippen LogP contribution in [0.3, 0.4) is 0 Å². The summed E-state index contributed by atoms with van der Waals surface area (Å²) in [6.07, 6.45) is 5.40. The van der Waals surface area contributed by atoms with Crippen LogP contribution in [0.4, 0.5) is 0 Å². The zero-order valence-electron chi connectivity index (χ0n) is 13.0. The van der Waals surface area contributed by atoms with E-state index in [0.717, 1.165) is 28.8 Å². The molecule has 1 aromatic carbocycles. The molecule has 114 valence electrons. The molecule has 1 unspecified atom stereocenters. The lowest BCUT2D eigenvalue weighted by molar-refractivity contribution is 0.0675. The molecule has 1 fully saturated rings. The highest BCUT2D eigenvalue weighted by molar-refractivity contribution is 7.18. The topological polar surface area (TPSA) is 33.1 Å². The summed E-state index contributed by atoms with van der Waals surface area (Å²) in [6.45, 7) is 4.64. The largest absolute Gasteiger partial charge is 0.392 e. The molecule has 0 amide bonds. The average molecular weight is 303 g/mol. The fourth-order valence-corrected chi connectivity index (χ4v) is 4.57. The minimum absolute atomic E-state index is 0.223. The first-order chi connectivity index (χ1) is 10.1. The maximum Gasteiger partial charge on any atom is 0.0964 e. The van der Waals surface area contributed by atoms with Crippen molar-refractivity contribution in [2.24, 2.45) is 17.8 Å². The van der Waals surface area contributed by atoms with Gasteiger partial charge in [-0.2, -0.15) is 0 Å². The van der Waals surface area contributed by atoms with E-state index in [9.17, 15) is 5.11 Å². The highest BCUT2D eigenvalue weighted by atomic mass is 32.1. The smallest absolute Gasteiger partial charge is 0.0964 e. The fourth-order valence-electron chi connectivity index (χ4n) is 3.55. The Bertz CT molecular complexity index is 551. The maximum atomic E-state index is 10.5. The molecule has 1 aliphatic rings. The number of aliphatic hydroxyl groups is 1. The predicted octanol–water partition coefficient (Wildman–Crippen LogP) is 4.66. The number of hydrogen-bond donors (Lipinski definition) is 1. The molecule has 1 saturated carbocycles. The van der Waals surface area contributed by atoms with Gasteiger partial charge < -0.3 is 5.11 Å². The van der Waals surface area contributed by atoms with Gasteiger partial charge in [0.2, 0.25) is 0 Å². The Balaban J connectivity index is 1.60. The van der Waals surface area contributed by atoms with Gasteiger partial charge in [-0.3, -0.25) is 0 Å². The molecule has 0 bridgehead atoms. The molecule has 2 nitrogen and oxygen atoms in total. The molecule has 0 spiro atoms. The number of nitrogens with zero attached hydrogens (tertiary/aromatic N) is 1. The van der Waals surface area contributed by atoms with Crippen molar-refractivity contribution in [1.82, 2.24) is 4.98 Å². The second-order valence-corrected chi connectivity index (χ2v) is 7.88. The summed E-state index contributed by atoms with van der Waals surface area (Å²) < 4.78 is 1.23. The van der Waals surface area contributed by atoms with Crippen molar-refractivity contribution in [2.75, 3.05) is 0 Å². The van der Waals surface area contributed by atoms with Gasteiger partial charge in [-0.05, 0) is 55.6 Å². The first-order valence-corrected chi connectivity index (χ1v) is 8.97. The molecule has 1 aliphatic carbocycles. The van der Waals surface area contributed by atoms with Crippen LogP contribution in [0.1, 0.15) is 44.5 Å². The maximum absolute atomic E-state index is 10.5. The third-order valence-corrected chi connectivity index (χ3v) is 6.08. The van der Waals surface area contributed by atoms with E-state index >= 15 is 0 Å². The molecule has 3 heteroatoms. The van der Waals surface area contributed by atoms with Gasteiger partial charge in [0.15, 0.2) is 0 Å². The number of benzene rings is 1. The summed E-state index contributed by atoms with van der Waals surface area (Å²) in [4.78, 5) is 4.65. The third kappa shape index (κ3) is 3.46. The molecule has 1 atom stereocenters. The Kier molecular flexibility index (Phi) is 4.60. The van der Waals surface area contributed by atoms with Crippen LogP contribution in [0.25, 0.3) is 10.2 Å². The van der Waals surface area contributed by atoms with Gasteiger partial charge in [0, 0.05) is 6.42 Å². The van der Waals surface area contributed by atoms with Crippen LogP contribution >= 0.6 is 11.3 Å². The van der Waals surface area contributed by atoms with Crippen LogP contribution in [-0.2, 0) is 6.42 Å². The first kappa shape index (κ1) is 15.0. The molecule has 1 aromatic heterocycles. The normalized spacial score (nSPS) is 24.6. The fraction of sp³-hybridized carbons (Fsp3) is 0.611. The van der Waals surface area contributed by atoms with E-state index in [2.05, 4.69) is 31.0 Å². The number of aromatic nitrogens is 1. The van der Waals surface area contributed by atoms with Crippen LogP contribution in [0.5, 0.6) is 0 Å². The lowest BCUT2D eigenvalue weighted by Gasteiger charge is -2.33. The van der Waals surface area contributed by atoms with Crippen molar-refractivity contribution in [3.8, 4) is 0 Å². The van der Waals surface area contributed by atoms with E-state index in [4.69, 9.17) is 0 Å². The molecule has 1 N–H and O–H groups in total. The number of fused-ring (bicyclic) bond motifs is 1. The molecule has 0 saturated heterocycles. The van der Waals surface area contributed by atoms with Gasteiger partial charge in [0.05, 0.1) is 21.3 Å². The number of aliphatic hydroxyl groups excluding tert-OH is 1. The highest BCUT2D eigenvalue weighted by Gasteiger charge is 2.28. The lowest BCUT2D eigenvalue weighted by Crippen LogP contribution is -2.28. The third-order valence-electron chi connectivity index (χ3n) is 5.03. The molecular formula is C18H25NOS. The summed E-state index contributed by atoms with van der Waals surface area (Å²) in [6, 6.07) is 8.23. The Morgan fingerprint density at radius 1 is 1.14 bits per heavy atom. The molecule has 3 rings (SSSR count). The van der Waals surface area contributed by atoms with Crippen LogP contribution < -0.4 is 0 Å². The van der Waals surface area contributed by atoms with Crippen LogP contribution in [0.2, 0.25) is 0 Å². The zero-order chi connectivity index (χ0) is 14.8. The van der Waals surface area contributed by atoms with Gasteiger partial charge in [-0.1, -0.05) is 26.0 Å². The number of para-hydroxylation sites is 1. The minimum atomic E-state index is -0.223. The van der Waals surface area contributed by atoms with E-state index in [1.807, 2.05) is 12.1 Å². The summed E-state index contributed by atoms with van der Waals surface area (Å²) in [5.41, 5.74) is 1.06. The number of rotatable bonds is 4. The van der Waals surface area contributed by atoms with Crippen molar-refractivity contribution < 1.29 is 5.11 Å². The van der Waals surface area contributed by atoms with Gasteiger partial charge in [0.1, 0.15) is 0 Å². The zero-order valence-corrected chi connectivity index (χ0v) is 13.8. The number of thiazole rings is 1. The average Bonchev–Trinajstić information content (AvgIpc) is 2.89. The van der Waals surface area contributed by atoms with Crippen LogP contribution in [-0.4, -0.2) is 16.2 Å². The van der Waals surface area contributed by atoms with E-state index in [0.29, 0.717) is 5.92 Å². The molecule has 0 aliphatic heterocycles. The highest BCUT2D eigenvalue weighted by Crippen LogP contribution is 2.36. The summed E-state index contributed by atoms with van der Waals surface area (Å²) in [5, 5.41) is 11.6. The Morgan fingerprint density at radius 2 is 1.81 bits per heavy atom. The van der Waals surface area contributed by atoms with E-state index in [-0.39, 0.29) is 6.10 Å². The molecule has 0 radical (unpaired) electrons. The Labute approximate surface area is 131 Å². The predicted molar refractivity (Wildman–Crippen MR) is 89.6 cm³/mol. The Hall–Kier alpha value is -0.930. The lowest BCUT2D eigenvalue weighted by atomic mass is 9.75. The summed E-state index contributed by atoms with van der Waals surface area (Å²) >= 11 is 1.72. The summed E-state index contributed by atoms with van der Waals surface area (Å²) in [7, 11) is 0. The molecule has 21 heavy (non-hydrogen) atoms.